The highest BCUT2D eigenvalue weighted by molar-refractivity contribution is 6.01. The van der Waals surface area contributed by atoms with Crippen molar-refractivity contribution in [3.05, 3.63) is 29.5 Å². The lowest BCUT2D eigenvalue weighted by Crippen LogP contribution is -2.42. The number of nitrogens with zero attached hydrogens (tertiary/aromatic N) is 4. The van der Waals surface area contributed by atoms with Crippen molar-refractivity contribution in [3.8, 4) is 6.01 Å². The molecule has 8 heteroatoms. The van der Waals surface area contributed by atoms with Gasteiger partial charge in [-0.15, -0.1) is 0 Å². The van der Waals surface area contributed by atoms with Crippen LogP contribution in [0.2, 0.25) is 0 Å². The first-order valence-electron chi connectivity index (χ1n) is 11.7. The van der Waals surface area contributed by atoms with Crippen LogP contribution in [0.3, 0.4) is 0 Å². The molecule has 1 aliphatic carbocycles. The van der Waals surface area contributed by atoms with E-state index in [9.17, 15) is 4.79 Å². The SMILES string of the molecule is CC(C)(C)COc1nc(CN)c2c(n1)N(CC1C=C(CN3CCCC3)C=CC1)CC(=O)N2. The Labute approximate surface area is 190 Å². The molecule has 1 atom stereocenters. The summed E-state index contributed by atoms with van der Waals surface area (Å²) in [6.45, 7) is 11.4. The molecule has 1 aromatic rings. The lowest BCUT2D eigenvalue weighted by molar-refractivity contribution is -0.115. The van der Waals surface area contributed by atoms with Crippen molar-refractivity contribution >= 4 is 17.4 Å². The molecule has 2 aliphatic heterocycles. The van der Waals surface area contributed by atoms with E-state index in [-0.39, 0.29) is 24.4 Å². The van der Waals surface area contributed by atoms with Gasteiger partial charge in [-0.05, 0) is 49.3 Å². The van der Waals surface area contributed by atoms with E-state index in [1.54, 1.807) is 0 Å². The van der Waals surface area contributed by atoms with E-state index < -0.39 is 0 Å². The first-order valence-corrected chi connectivity index (χ1v) is 11.7. The van der Waals surface area contributed by atoms with Crippen molar-refractivity contribution in [3.63, 3.8) is 0 Å². The summed E-state index contributed by atoms with van der Waals surface area (Å²) in [6, 6.07) is 0.314. The molecule has 1 amide bonds. The highest BCUT2D eigenvalue weighted by Crippen LogP contribution is 2.33. The molecule has 3 aliphatic rings. The standard InChI is InChI=1S/C24H36N6O2/c1-24(2,3)16-32-23-26-19(12-25)21-22(28-23)30(15-20(31)27-21)14-18-8-6-7-17(11-18)13-29-9-4-5-10-29/h6-7,11,18H,4-5,8-10,12-16,25H2,1-3H3,(H,27,31). The maximum absolute atomic E-state index is 12.5. The van der Waals surface area contributed by atoms with Gasteiger partial charge >= 0.3 is 6.01 Å². The average Bonchev–Trinajstić information content (AvgIpc) is 3.24. The van der Waals surface area contributed by atoms with Crippen LogP contribution in [0.5, 0.6) is 6.01 Å². The number of hydrogen-bond acceptors (Lipinski definition) is 7. The highest BCUT2D eigenvalue weighted by atomic mass is 16.5. The van der Waals surface area contributed by atoms with E-state index >= 15 is 0 Å². The van der Waals surface area contributed by atoms with Crippen LogP contribution in [0.1, 0.15) is 45.7 Å². The molecule has 32 heavy (non-hydrogen) atoms. The summed E-state index contributed by atoms with van der Waals surface area (Å²) in [7, 11) is 0. The molecular formula is C24H36N6O2. The van der Waals surface area contributed by atoms with Crippen LogP contribution in [-0.4, -0.2) is 60.1 Å². The number of likely N-dealkylation sites (tertiary alicyclic amines) is 1. The highest BCUT2D eigenvalue weighted by Gasteiger charge is 2.29. The average molecular weight is 441 g/mol. The van der Waals surface area contributed by atoms with Crippen LogP contribution in [0.15, 0.2) is 23.8 Å². The number of allylic oxidation sites excluding steroid dienone is 1. The van der Waals surface area contributed by atoms with E-state index in [1.807, 2.05) is 4.90 Å². The second-order valence-electron chi connectivity index (χ2n) is 10.3. The second kappa shape index (κ2) is 9.58. The molecule has 3 N–H and O–H groups in total. The van der Waals surface area contributed by atoms with Crippen LogP contribution in [-0.2, 0) is 11.3 Å². The summed E-state index contributed by atoms with van der Waals surface area (Å²) < 4.78 is 5.89. The van der Waals surface area contributed by atoms with Crippen LogP contribution in [0.4, 0.5) is 11.5 Å². The Morgan fingerprint density at radius 3 is 2.75 bits per heavy atom. The van der Waals surface area contributed by atoms with Gasteiger partial charge in [0.25, 0.3) is 0 Å². The van der Waals surface area contributed by atoms with Gasteiger partial charge in [-0.3, -0.25) is 9.69 Å². The van der Waals surface area contributed by atoms with E-state index in [0.29, 0.717) is 42.3 Å². The van der Waals surface area contributed by atoms with Crippen LogP contribution >= 0.6 is 0 Å². The zero-order valence-electron chi connectivity index (χ0n) is 19.6. The van der Waals surface area contributed by atoms with Crippen LogP contribution < -0.4 is 20.7 Å². The number of nitrogens with one attached hydrogen (secondary N) is 1. The number of amides is 1. The second-order valence-corrected chi connectivity index (χ2v) is 10.3. The molecule has 0 radical (unpaired) electrons. The summed E-state index contributed by atoms with van der Waals surface area (Å²) in [5.74, 6) is 0.964. The molecule has 8 nitrogen and oxygen atoms in total. The Kier molecular flexibility index (Phi) is 6.81. The fourth-order valence-electron chi connectivity index (χ4n) is 4.44. The summed E-state index contributed by atoms with van der Waals surface area (Å²) in [5, 5.41) is 2.93. The van der Waals surface area contributed by atoms with Gasteiger partial charge in [0.1, 0.15) is 5.69 Å². The Bertz CT molecular complexity index is 898. The molecule has 1 aromatic heterocycles. The minimum absolute atomic E-state index is 0.0129. The normalized spacial score (nSPS) is 21.4. The van der Waals surface area contributed by atoms with E-state index in [4.69, 9.17) is 10.5 Å². The Hall–Kier alpha value is -2.45. The zero-order valence-corrected chi connectivity index (χ0v) is 19.6. The summed E-state index contributed by atoms with van der Waals surface area (Å²) in [6.07, 6.45) is 10.4. The molecule has 4 rings (SSSR count). The number of anilines is 2. The third kappa shape index (κ3) is 5.66. The topological polar surface area (TPSA) is 96.6 Å². The predicted octanol–water partition coefficient (Wildman–Crippen LogP) is 2.72. The van der Waals surface area contributed by atoms with Crippen molar-refractivity contribution in [2.24, 2.45) is 17.1 Å². The molecule has 3 heterocycles. The first-order chi connectivity index (χ1) is 15.3. The number of ether oxygens (including phenoxy) is 1. The van der Waals surface area contributed by atoms with Crippen molar-refractivity contribution in [2.45, 2.75) is 46.6 Å². The third-order valence-corrected chi connectivity index (χ3v) is 5.95. The zero-order chi connectivity index (χ0) is 22.7. The molecule has 0 spiro atoms. The molecule has 1 saturated heterocycles. The predicted molar refractivity (Wildman–Crippen MR) is 127 cm³/mol. The van der Waals surface area contributed by atoms with Crippen LogP contribution in [0.25, 0.3) is 0 Å². The van der Waals surface area contributed by atoms with Crippen LogP contribution in [0, 0.1) is 11.3 Å². The Morgan fingerprint density at radius 2 is 2.03 bits per heavy atom. The van der Waals surface area contributed by atoms with Gasteiger partial charge < -0.3 is 20.7 Å². The largest absolute Gasteiger partial charge is 0.463 e. The van der Waals surface area contributed by atoms with Crippen molar-refractivity contribution in [1.29, 1.82) is 0 Å². The molecule has 174 valence electrons. The molecule has 0 saturated carbocycles. The number of fused-ring (bicyclic) bond motifs is 1. The number of carbonyl (C=O) groups is 1. The van der Waals surface area contributed by atoms with Gasteiger partial charge in [0.15, 0.2) is 5.82 Å². The lowest BCUT2D eigenvalue weighted by Gasteiger charge is -2.33. The quantitative estimate of drug-likeness (QED) is 0.673. The molecular weight excluding hydrogens is 404 g/mol. The van der Waals surface area contributed by atoms with Gasteiger partial charge in [-0.2, -0.15) is 9.97 Å². The molecule has 1 unspecified atom stereocenters. The molecule has 1 fully saturated rings. The minimum atomic E-state index is -0.0632. The number of hydrogen-bond donors (Lipinski definition) is 2. The first kappa shape index (κ1) is 22.7. The number of rotatable bonds is 7. The van der Waals surface area contributed by atoms with Gasteiger partial charge in [0, 0.05) is 19.6 Å². The Morgan fingerprint density at radius 1 is 1.25 bits per heavy atom. The maximum Gasteiger partial charge on any atom is 0.318 e. The summed E-state index contributed by atoms with van der Waals surface area (Å²) >= 11 is 0. The van der Waals surface area contributed by atoms with Gasteiger partial charge in [0.2, 0.25) is 5.91 Å². The minimum Gasteiger partial charge on any atom is -0.463 e. The number of aromatic nitrogens is 2. The summed E-state index contributed by atoms with van der Waals surface area (Å²) in [4.78, 5) is 26.2. The van der Waals surface area contributed by atoms with Gasteiger partial charge in [-0.25, -0.2) is 0 Å². The van der Waals surface area contributed by atoms with E-state index in [2.05, 4.69) is 59.2 Å². The van der Waals surface area contributed by atoms with Crippen molar-refractivity contribution in [1.82, 2.24) is 14.9 Å². The number of carbonyl (C=O) groups excluding carboxylic acids is 1. The van der Waals surface area contributed by atoms with E-state index in [0.717, 1.165) is 13.0 Å². The molecule has 0 aromatic carbocycles. The van der Waals surface area contributed by atoms with Gasteiger partial charge in [-0.1, -0.05) is 39.0 Å². The molecule has 0 bridgehead atoms. The third-order valence-electron chi connectivity index (χ3n) is 5.95. The Balaban J connectivity index is 1.54. The monoisotopic (exact) mass is 440 g/mol. The summed E-state index contributed by atoms with van der Waals surface area (Å²) in [5.41, 5.74) is 8.52. The smallest absolute Gasteiger partial charge is 0.318 e. The number of nitrogens with two attached hydrogens (primary N) is 1. The fraction of sp³-hybridized carbons (Fsp3) is 0.625. The van der Waals surface area contributed by atoms with Crippen molar-refractivity contribution < 1.29 is 9.53 Å². The van der Waals surface area contributed by atoms with Gasteiger partial charge in [0.05, 0.1) is 18.8 Å². The van der Waals surface area contributed by atoms with Crippen molar-refractivity contribution in [2.75, 3.05) is 49.5 Å². The maximum atomic E-state index is 12.5. The fourth-order valence-corrected chi connectivity index (χ4v) is 4.44. The van der Waals surface area contributed by atoms with E-state index in [1.165, 1.54) is 31.5 Å². The lowest BCUT2D eigenvalue weighted by atomic mass is 9.95.